The molecule has 1 saturated heterocycles. The SMILES string of the molecule is CC(C)(C)c1nc(-c2ncn3c2C(C)(C)N(C(=O)N2CCOCC2)c2cc(Cl)ccc2-3)no1. The molecule has 174 valence electrons. The fourth-order valence-corrected chi connectivity index (χ4v) is 4.59. The van der Waals surface area contributed by atoms with Crippen LogP contribution in [0.4, 0.5) is 10.5 Å². The molecular weight excluding hydrogens is 444 g/mol. The van der Waals surface area contributed by atoms with Gasteiger partial charge in [0.05, 0.1) is 35.8 Å². The number of rotatable bonds is 1. The Morgan fingerprint density at radius 2 is 1.88 bits per heavy atom. The molecule has 2 amide bonds. The highest BCUT2D eigenvalue weighted by Crippen LogP contribution is 2.46. The van der Waals surface area contributed by atoms with E-state index in [0.717, 1.165) is 17.1 Å². The van der Waals surface area contributed by atoms with E-state index >= 15 is 0 Å². The first-order valence-corrected chi connectivity index (χ1v) is 11.4. The van der Waals surface area contributed by atoms with Gasteiger partial charge in [0.25, 0.3) is 0 Å². The summed E-state index contributed by atoms with van der Waals surface area (Å²) in [6.07, 6.45) is 1.74. The van der Waals surface area contributed by atoms with Crippen molar-refractivity contribution in [2.24, 2.45) is 0 Å². The third-order valence-corrected chi connectivity index (χ3v) is 6.33. The number of nitrogens with zero attached hydrogens (tertiary/aromatic N) is 6. The third kappa shape index (κ3) is 3.50. The first-order valence-electron chi connectivity index (χ1n) is 11.0. The van der Waals surface area contributed by atoms with E-state index in [-0.39, 0.29) is 11.4 Å². The first kappa shape index (κ1) is 21.9. The summed E-state index contributed by atoms with van der Waals surface area (Å²) in [6.45, 7) is 12.1. The average molecular weight is 471 g/mol. The molecular formula is C23H27ClN6O3. The molecule has 3 aromatic rings. The lowest BCUT2D eigenvalue weighted by Crippen LogP contribution is -2.56. The Hall–Kier alpha value is -2.91. The van der Waals surface area contributed by atoms with Crippen LogP contribution in [-0.4, -0.2) is 56.9 Å². The number of benzene rings is 1. The molecule has 10 heteroatoms. The van der Waals surface area contributed by atoms with Gasteiger partial charge in [0, 0.05) is 23.5 Å². The maximum Gasteiger partial charge on any atom is 0.325 e. The van der Waals surface area contributed by atoms with Crippen molar-refractivity contribution in [1.29, 1.82) is 0 Å². The predicted molar refractivity (Wildman–Crippen MR) is 124 cm³/mol. The summed E-state index contributed by atoms with van der Waals surface area (Å²) in [5, 5.41) is 4.77. The molecule has 0 bridgehead atoms. The minimum atomic E-state index is -0.776. The fourth-order valence-electron chi connectivity index (χ4n) is 4.43. The molecule has 0 spiro atoms. The topological polar surface area (TPSA) is 89.5 Å². The Bertz CT molecular complexity index is 1220. The van der Waals surface area contributed by atoms with Gasteiger partial charge in [-0.05, 0) is 32.0 Å². The van der Waals surface area contributed by atoms with Gasteiger partial charge in [-0.1, -0.05) is 37.5 Å². The molecule has 2 aliphatic heterocycles. The molecule has 0 unspecified atom stereocenters. The number of ether oxygens (including phenoxy) is 1. The van der Waals surface area contributed by atoms with Crippen LogP contribution in [0.1, 0.15) is 46.2 Å². The van der Waals surface area contributed by atoms with Crippen LogP contribution < -0.4 is 4.90 Å². The lowest BCUT2D eigenvalue weighted by atomic mass is 9.91. The highest BCUT2D eigenvalue weighted by atomic mass is 35.5. The zero-order valence-electron chi connectivity index (χ0n) is 19.4. The zero-order chi connectivity index (χ0) is 23.5. The number of morpholine rings is 1. The quantitative estimate of drug-likeness (QED) is 0.524. The summed E-state index contributed by atoms with van der Waals surface area (Å²) in [4.78, 5) is 26.7. The Morgan fingerprint density at radius 3 is 2.55 bits per heavy atom. The van der Waals surface area contributed by atoms with Crippen molar-refractivity contribution in [3.8, 4) is 17.2 Å². The standard InChI is InChI=1S/C23H27ClN6O3/c1-22(2,3)20-26-19(27-33-20)17-18-23(4,5)30(21(31)28-8-10-32-11-9-28)16-12-14(24)6-7-15(16)29(18)13-25-17/h6-7,12-13H,8-11H2,1-5H3. The van der Waals surface area contributed by atoms with Crippen LogP contribution in [0.25, 0.3) is 17.2 Å². The summed E-state index contributed by atoms with van der Waals surface area (Å²) in [5.74, 6) is 0.930. The van der Waals surface area contributed by atoms with E-state index in [4.69, 9.17) is 20.9 Å². The number of anilines is 1. The summed E-state index contributed by atoms with van der Waals surface area (Å²) < 4.78 is 13.0. The Morgan fingerprint density at radius 1 is 1.15 bits per heavy atom. The van der Waals surface area contributed by atoms with Crippen molar-refractivity contribution < 1.29 is 14.1 Å². The van der Waals surface area contributed by atoms with Gasteiger partial charge in [0.15, 0.2) is 0 Å². The number of amides is 2. The van der Waals surface area contributed by atoms with Crippen molar-refractivity contribution in [1.82, 2.24) is 24.6 Å². The molecule has 0 N–H and O–H groups in total. The third-order valence-electron chi connectivity index (χ3n) is 6.10. The Balaban J connectivity index is 1.68. The first-order chi connectivity index (χ1) is 15.6. The van der Waals surface area contributed by atoms with Gasteiger partial charge in [-0.3, -0.25) is 9.47 Å². The number of urea groups is 1. The normalized spacial score (nSPS) is 17.6. The van der Waals surface area contributed by atoms with Gasteiger partial charge in [0.1, 0.15) is 12.0 Å². The van der Waals surface area contributed by atoms with E-state index in [0.29, 0.717) is 48.7 Å². The number of aromatic nitrogens is 4. The van der Waals surface area contributed by atoms with Crippen molar-refractivity contribution in [2.75, 3.05) is 31.2 Å². The molecule has 0 radical (unpaired) electrons. The highest BCUT2D eigenvalue weighted by Gasteiger charge is 2.46. The number of hydrogen-bond donors (Lipinski definition) is 0. The van der Waals surface area contributed by atoms with E-state index in [1.165, 1.54) is 0 Å². The largest absolute Gasteiger partial charge is 0.378 e. The van der Waals surface area contributed by atoms with E-state index in [2.05, 4.69) is 15.1 Å². The van der Waals surface area contributed by atoms with Crippen LogP contribution in [0, 0.1) is 0 Å². The smallest absolute Gasteiger partial charge is 0.325 e. The predicted octanol–water partition coefficient (Wildman–Crippen LogP) is 4.38. The number of fused-ring (bicyclic) bond motifs is 3. The molecule has 9 nitrogen and oxygen atoms in total. The van der Waals surface area contributed by atoms with Crippen LogP contribution >= 0.6 is 11.6 Å². The van der Waals surface area contributed by atoms with E-state index < -0.39 is 5.54 Å². The summed E-state index contributed by atoms with van der Waals surface area (Å²) in [6, 6.07) is 5.43. The van der Waals surface area contributed by atoms with Gasteiger partial charge in [-0.2, -0.15) is 4.98 Å². The maximum atomic E-state index is 13.8. The lowest BCUT2D eigenvalue weighted by molar-refractivity contribution is 0.0536. The second-order valence-corrected chi connectivity index (χ2v) is 10.3. The van der Waals surface area contributed by atoms with Gasteiger partial charge >= 0.3 is 6.03 Å². The molecule has 33 heavy (non-hydrogen) atoms. The summed E-state index contributed by atoms with van der Waals surface area (Å²) in [7, 11) is 0. The van der Waals surface area contributed by atoms with E-state index in [9.17, 15) is 4.79 Å². The van der Waals surface area contributed by atoms with Gasteiger partial charge in [-0.15, -0.1) is 0 Å². The highest BCUT2D eigenvalue weighted by molar-refractivity contribution is 6.31. The maximum absolute atomic E-state index is 13.8. The van der Waals surface area contributed by atoms with Gasteiger partial charge < -0.3 is 14.2 Å². The van der Waals surface area contributed by atoms with Gasteiger partial charge in [0.2, 0.25) is 11.7 Å². The zero-order valence-corrected chi connectivity index (χ0v) is 20.2. The number of carbonyl (C=O) groups is 1. The van der Waals surface area contributed by atoms with E-state index in [1.54, 1.807) is 11.2 Å². The molecule has 1 aromatic carbocycles. The number of halogens is 1. The molecule has 2 aromatic heterocycles. The molecule has 0 saturated carbocycles. The number of carbonyl (C=O) groups excluding carboxylic acids is 1. The molecule has 5 rings (SSSR count). The van der Waals surface area contributed by atoms with Gasteiger partial charge in [-0.25, -0.2) is 9.78 Å². The van der Waals surface area contributed by atoms with Crippen molar-refractivity contribution in [2.45, 2.75) is 45.6 Å². The van der Waals surface area contributed by atoms with E-state index in [1.807, 2.05) is 62.3 Å². The molecule has 2 aliphatic rings. The van der Waals surface area contributed by atoms with Crippen molar-refractivity contribution in [3.63, 3.8) is 0 Å². The van der Waals surface area contributed by atoms with Crippen LogP contribution in [0.2, 0.25) is 5.02 Å². The van der Waals surface area contributed by atoms with Crippen molar-refractivity contribution in [3.05, 3.63) is 41.1 Å². The molecule has 0 aliphatic carbocycles. The molecule has 4 heterocycles. The van der Waals surface area contributed by atoms with Crippen molar-refractivity contribution >= 4 is 23.3 Å². The Labute approximate surface area is 197 Å². The van der Waals surface area contributed by atoms with Crippen LogP contribution in [0.3, 0.4) is 0 Å². The Kier molecular flexibility index (Phi) is 5.02. The monoisotopic (exact) mass is 470 g/mol. The summed E-state index contributed by atoms with van der Waals surface area (Å²) in [5.41, 5.74) is 1.86. The molecule has 1 fully saturated rings. The van der Waals surface area contributed by atoms with Crippen LogP contribution in [0.15, 0.2) is 29.0 Å². The number of imidazole rings is 1. The fraction of sp³-hybridized carbons (Fsp3) is 0.478. The second-order valence-electron chi connectivity index (χ2n) is 9.89. The average Bonchev–Trinajstić information content (AvgIpc) is 3.42. The second kappa shape index (κ2) is 7.56. The molecule has 0 atom stereocenters. The summed E-state index contributed by atoms with van der Waals surface area (Å²) >= 11 is 6.37. The number of hydrogen-bond acceptors (Lipinski definition) is 6. The van der Waals surface area contributed by atoms with Crippen LogP contribution in [0.5, 0.6) is 0 Å². The minimum absolute atomic E-state index is 0.103. The lowest BCUT2D eigenvalue weighted by Gasteiger charge is -2.46. The van der Waals surface area contributed by atoms with Crippen LogP contribution in [-0.2, 0) is 15.7 Å². The minimum Gasteiger partial charge on any atom is -0.378 e.